The van der Waals surface area contributed by atoms with Crippen LogP contribution in [-0.4, -0.2) is 41.7 Å². The Bertz CT molecular complexity index is 650. The molecule has 1 atom stereocenters. The molecule has 5 N–H and O–H groups in total. The molecule has 30 heavy (non-hydrogen) atoms. The summed E-state index contributed by atoms with van der Waals surface area (Å²) in [5.41, 5.74) is 14.6. The van der Waals surface area contributed by atoms with Crippen LogP contribution in [0.4, 0.5) is 0 Å². The predicted octanol–water partition coefficient (Wildman–Crippen LogP) is 3.42. The van der Waals surface area contributed by atoms with Gasteiger partial charge in [0.25, 0.3) is 0 Å². The first-order valence-electron chi connectivity index (χ1n) is 10.5. The monoisotopic (exact) mass is 437 g/mol. The van der Waals surface area contributed by atoms with Crippen molar-refractivity contribution in [3.8, 4) is 0 Å². The third kappa shape index (κ3) is 16.0. The molecule has 7 heteroatoms. The van der Waals surface area contributed by atoms with E-state index >= 15 is 0 Å². The molecule has 0 fully saturated rings. The summed E-state index contributed by atoms with van der Waals surface area (Å²) in [6, 6.07) is -0.638. The summed E-state index contributed by atoms with van der Waals surface area (Å²) in [5.74, 6) is 0.0929. The van der Waals surface area contributed by atoms with E-state index in [-0.39, 0.29) is 31.1 Å². The number of primary amides is 1. The summed E-state index contributed by atoms with van der Waals surface area (Å²) < 4.78 is 0. The van der Waals surface area contributed by atoms with E-state index < -0.39 is 11.9 Å². The summed E-state index contributed by atoms with van der Waals surface area (Å²) in [5, 5.41) is 2.65. The lowest BCUT2D eigenvalue weighted by Gasteiger charge is -2.16. The van der Waals surface area contributed by atoms with E-state index in [9.17, 15) is 14.4 Å². The van der Waals surface area contributed by atoms with Crippen molar-refractivity contribution < 1.29 is 14.4 Å². The van der Waals surface area contributed by atoms with Crippen LogP contribution in [0.15, 0.2) is 34.9 Å². The average molecular weight is 438 g/mol. The van der Waals surface area contributed by atoms with Crippen LogP contribution in [-0.2, 0) is 14.4 Å². The highest BCUT2D eigenvalue weighted by molar-refractivity contribution is 7.99. The van der Waals surface area contributed by atoms with Crippen LogP contribution in [0.5, 0.6) is 0 Å². The highest BCUT2D eigenvalue weighted by atomic mass is 32.2. The first-order chi connectivity index (χ1) is 14.1. The van der Waals surface area contributed by atoms with Crippen LogP contribution >= 0.6 is 11.8 Å². The number of nitrogens with one attached hydrogen (secondary N) is 1. The van der Waals surface area contributed by atoms with Crippen molar-refractivity contribution in [1.82, 2.24) is 5.32 Å². The number of Topliss-reactive ketones (excluding diaryl/α,β-unsaturated/α-hetero) is 1. The van der Waals surface area contributed by atoms with Crippen molar-refractivity contribution in [3.63, 3.8) is 0 Å². The number of allylic oxidation sites excluding steroid dienone is 5. The first-order valence-corrected chi connectivity index (χ1v) is 11.6. The van der Waals surface area contributed by atoms with Crippen LogP contribution in [0, 0.1) is 0 Å². The van der Waals surface area contributed by atoms with Crippen molar-refractivity contribution in [1.29, 1.82) is 0 Å². The zero-order chi connectivity index (χ0) is 22.9. The summed E-state index contributed by atoms with van der Waals surface area (Å²) in [6.07, 6.45) is 10.9. The number of amides is 2. The second kappa shape index (κ2) is 16.9. The molecule has 0 aliphatic carbocycles. The molecule has 0 saturated heterocycles. The van der Waals surface area contributed by atoms with Gasteiger partial charge in [0.2, 0.25) is 11.8 Å². The molecule has 0 aromatic carbocycles. The minimum Gasteiger partial charge on any atom is -0.370 e. The Morgan fingerprint density at radius 1 is 0.900 bits per heavy atom. The van der Waals surface area contributed by atoms with Crippen LogP contribution in [0.2, 0.25) is 0 Å². The van der Waals surface area contributed by atoms with Gasteiger partial charge >= 0.3 is 0 Å². The molecule has 170 valence electrons. The second-order valence-electron chi connectivity index (χ2n) is 7.75. The fraction of sp³-hybridized carbons (Fsp3) is 0.609. The van der Waals surface area contributed by atoms with Gasteiger partial charge in [-0.3, -0.25) is 14.4 Å². The number of hydrogen-bond donors (Lipinski definition) is 3. The van der Waals surface area contributed by atoms with Gasteiger partial charge in [-0.2, -0.15) is 11.8 Å². The maximum Gasteiger partial charge on any atom is 0.221 e. The number of thioether (sulfide) groups is 1. The molecule has 0 aliphatic heterocycles. The topological polar surface area (TPSA) is 115 Å². The van der Waals surface area contributed by atoms with Crippen molar-refractivity contribution >= 4 is 29.4 Å². The van der Waals surface area contributed by atoms with Gasteiger partial charge in [-0.15, -0.1) is 0 Å². The lowest BCUT2D eigenvalue weighted by Crippen LogP contribution is -2.45. The SMILES string of the molecule is CC(C)=CCC/C(C)=C/CC/C(C)=C/CSC[C@H](NC(=O)CCC(N)=O)C(=O)CN. The van der Waals surface area contributed by atoms with E-state index in [1.165, 1.54) is 16.7 Å². The number of ketones is 1. The third-order valence-corrected chi connectivity index (χ3v) is 5.45. The van der Waals surface area contributed by atoms with Crippen molar-refractivity contribution in [2.45, 2.75) is 72.3 Å². The molecule has 6 nitrogen and oxygen atoms in total. The van der Waals surface area contributed by atoms with E-state index in [2.05, 4.69) is 51.2 Å². The smallest absolute Gasteiger partial charge is 0.221 e. The molecule has 0 bridgehead atoms. The quantitative estimate of drug-likeness (QED) is 0.253. The Morgan fingerprint density at radius 2 is 1.50 bits per heavy atom. The van der Waals surface area contributed by atoms with Gasteiger partial charge in [-0.05, 0) is 53.4 Å². The third-order valence-electron chi connectivity index (χ3n) is 4.48. The van der Waals surface area contributed by atoms with E-state index in [0.29, 0.717) is 5.75 Å². The van der Waals surface area contributed by atoms with Crippen LogP contribution in [0.25, 0.3) is 0 Å². The molecule has 0 spiro atoms. The molecule has 0 saturated carbocycles. The van der Waals surface area contributed by atoms with E-state index in [0.717, 1.165) is 31.4 Å². The predicted molar refractivity (Wildman–Crippen MR) is 127 cm³/mol. The Morgan fingerprint density at radius 3 is 2.07 bits per heavy atom. The molecule has 0 aliphatic rings. The normalized spacial score (nSPS) is 13.0. The lowest BCUT2D eigenvalue weighted by atomic mass is 10.1. The molecule has 0 aromatic rings. The largest absolute Gasteiger partial charge is 0.370 e. The van der Waals surface area contributed by atoms with E-state index in [1.54, 1.807) is 11.8 Å². The second-order valence-corrected chi connectivity index (χ2v) is 8.83. The summed E-state index contributed by atoms with van der Waals surface area (Å²) >= 11 is 1.57. The Labute approximate surface area is 186 Å². The number of hydrogen-bond acceptors (Lipinski definition) is 5. The van der Waals surface area contributed by atoms with Crippen molar-refractivity contribution in [2.75, 3.05) is 18.1 Å². The molecular formula is C23H39N3O3S. The highest BCUT2D eigenvalue weighted by Crippen LogP contribution is 2.13. The number of rotatable bonds is 16. The van der Waals surface area contributed by atoms with Crippen LogP contribution in [0.3, 0.4) is 0 Å². The number of carbonyl (C=O) groups excluding carboxylic acids is 3. The van der Waals surface area contributed by atoms with Gasteiger partial charge in [-0.1, -0.05) is 34.9 Å². The molecule has 0 rings (SSSR count). The maximum atomic E-state index is 12.0. The number of carbonyl (C=O) groups is 3. The molecule has 0 unspecified atom stereocenters. The minimum absolute atomic E-state index is 0.0192. The molecule has 0 aromatic heterocycles. The summed E-state index contributed by atoms with van der Waals surface area (Å²) in [4.78, 5) is 34.6. The van der Waals surface area contributed by atoms with Crippen molar-refractivity contribution in [2.24, 2.45) is 11.5 Å². The summed E-state index contributed by atoms with van der Waals surface area (Å²) in [6.45, 7) is 8.41. The Kier molecular flexibility index (Phi) is 15.8. The zero-order valence-electron chi connectivity index (χ0n) is 19.0. The number of nitrogens with two attached hydrogens (primary N) is 2. The molecular weight excluding hydrogens is 398 g/mol. The lowest BCUT2D eigenvalue weighted by molar-refractivity contribution is -0.128. The fourth-order valence-electron chi connectivity index (χ4n) is 2.59. The van der Waals surface area contributed by atoms with Crippen LogP contribution in [0.1, 0.15) is 66.2 Å². The van der Waals surface area contributed by atoms with Crippen LogP contribution < -0.4 is 16.8 Å². The Balaban J connectivity index is 4.32. The van der Waals surface area contributed by atoms with Crippen molar-refractivity contribution in [3.05, 3.63) is 34.9 Å². The Hall–Kier alpha value is -1.86. The zero-order valence-corrected chi connectivity index (χ0v) is 19.8. The first kappa shape index (κ1) is 28.1. The van der Waals surface area contributed by atoms with Gasteiger partial charge in [0.15, 0.2) is 5.78 Å². The molecule has 2 amide bonds. The fourth-order valence-corrected chi connectivity index (χ4v) is 3.63. The minimum atomic E-state index is -0.638. The molecule has 0 radical (unpaired) electrons. The van der Waals surface area contributed by atoms with Gasteiger partial charge in [0.1, 0.15) is 0 Å². The average Bonchev–Trinajstić information content (AvgIpc) is 2.67. The van der Waals surface area contributed by atoms with E-state index in [1.807, 2.05) is 0 Å². The van der Waals surface area contributed by atoms with Gasteiger partial charge in [0.05, 0.1) is 12.6 Å². The van der Waals surface area contributed by atoms with Gasteiger partial charge in [0, 0.05) is 24.3 Å². The summed E-state index contributed by atoms with van der Waals surface area (Å²) in [7, 11) is 0. The van der Waals surface area contributed by atoms with Gasteiger partial charge in [-0.25, -0.2) is 0 Å². The standard InChI is InChI=1S/C23H39N3O3S/c1-17(2)7-5-8-18(3)9-6-10-19(4)13-14-30-16-20(21(27)15-24)26-23(29)12-11-22(25)28/h7,9,13,20H,5-6,8,10-12,14-16,24H2,1-4H3,(H2,25,28)(H,26,29)/b18-9+,19-13+/t20-/m0/s1. The molecule has 0 heterocycles. The van der Waals surface area contributed by atoms with Gasteiger partial charge < -0.3 is 16.8 Å². The maximum absolute atomic E-state index is 12.0. The van der Waals surface area contributed by atoms with E-state index in [4.69, 9.17) is 11.5 Å². The highest BCUT2D eigenvalue weighted by Gasteiger charge is 2.19.